The molecule has 1 amide bonds. The molecule has 0 heterocycles. The molecule has 0 aromatic heterocycles. The van der Waals surface area contributed by atoms with Crippen LogP contribution in [0.2, 0.25) is 0 Å². The Morgan fingerprint density at radius 1 is 1.43 bits per heavy atom. The van der Waals surface area contributed by atoms with E-state index < -0.39 is 6.09 Å². The highest BCUT2D eigenvalue weighted by molar-refractivity contribution is 5.70. The van der Waals surface area contributed by atoms with Gasteiger partial charge < -0.3 is 15.2 Å². The highest BCUT2D eigenvalue weighted by Gasteiger charge is 2.13. The number of carbonyl (C=O) groups excluding carboxylic acids is 1. The monoisotopic (exact) mass is 290 g/mol. The SMILES string of the molecule is C#CCNCc1cc(OC(=O)N(CC)CO)ccc1CC. The van der Waals surface area contributed by atoms with Crippen LogP contribution in [0.5, 0.6) is 5.75 Å². The third kappa shape index (κ3) is 5.10. The molecule has 5 heteroatoms. The number of nitrogens with zero attached hydrogens (tertiary/aromatic N) is 1. The van der Waals surface area contributed by atoms with Crippen molar-refractivity contribution < 1.29 is 14.6 Å². The van der Waals surface area contributed by atoms with E-state index in [1.165, 1.54) is 10.5 Å². The van der Waals surface area contributed by atoms with Gasteiger partial charge in [0, 0.05) is 13.1 Å². The van der Waals surface area contributed by atoms with Gasteiger partial charge in [-0.25, -0.2) is 4.79 Å². The number of terminal acetylenes is 1. The number of aliphatic hydroxyl groups excluding tert-OH is 1. The summed E-state index contributed by atoms with van der Waals surface area (Å²) in [5.41, 5.74) is 2.22. The molecule has 2 N–H and O–H groups in total. The van der Waals surface area contributed by atoms with Gasteiger partial charge in [0.05, 0.1) is 6.54 Å². The van der Waals surface area contributed by atoms with Gasteiger partial charge >= 0.3 is 6.09 Å². The van der Waals surface area contributed by atoms with Crippen LogP contribution >= 0.6 is 0 Å². The van der Waals surface area contributed by atoms with Crippen LogP contribution in [-0.4, -0.2) is 35.9 Å². The third-order valence-electron chi connectivity index (χ3n) is 3.12. The summed E-state index contributed by atoms with van der Waals surface area (Å²) < 4.78 is 5.26. The second kappa shape index (κ2) is 9.01. The van der Waals surface area contributed by atoms with Crippen LogP contribution in [0, 0.1) is 12.3 Å². The summed E-state index contributed by atoms with van der Waals surface area (Å²) in [6.45, 7) is 4.97. The average Bonchev–Trinajstić information content (AvgIpc) is 2.49. The molecule has 0 atom stereocenters. The van der Waals surface area contributed by atoms with Gasteiger partial charge in [-0.05, 0) is 36.6 Å². The number of aryl methyl sites for hydroxylation is 1. The molecule has 0 spiro atoms. The quantitative estimate of drug-likeness (QED) is 0.456. The smallest absolute Gasteiger partial charge is 0.410 e. The summed E-state index contributed by atoms with van der Waals surface area (Å²) in [7, 11) is 0. The second-order valence-corrected chi connectivity index (χ2v) is 4.46. The summed E-state index contributed by atoms with van der Waals surface area (Å²) >= 11 is 0. The van der Waals surface area contributed by atoms with E-state index in [9.17, 15) is 4.79 Å². The summed E-state index contributed by atoms with van der Waals surface area (Å²) in [6.07, 6.45) is 5.54. The van der Waals surface area contributed by atoms with Gasteiger partial charge in [0.15, 0.2) is 0 Å². The van der Waals surface area contributed by atoms with Crippen LogP contribution in [-0.2, 0) is 13.0 Å². The predicted octanol–water partition coefficient (Wildman–Crippen LogP) is 1.74. The lowest BCUT2D eigenvalue weighted by molar-refractivity contribution is 0.0973. The molecule has 21 heavy (non-hydrogen) atoms. The fraction of sp³-hybridized carbons (Fsp3) is 0.438. The Balaban J connectivity index is 2.82. The average molecular weight is 290 g/mol. The van der Waals surface area contributed by atoms with Gasteiger partial charge in [0.1, 0.15) is 12.5 Å². The lowest BCUT2D eigenvalue weighted by Crippen LogP contribution is -2.34. The van der Waals surface area contributed by atoms with Gasteiger partial charge in [-0.1, -0.05) is 18.9 Å². The first-order valence-corrected chi connectivity index (χ1v) is 6.99. The van der Waals surface area contributed by atoms with Crippen LogP contribution in [0.3, 0.4) is 0 Å². The topological polar surface area (TPSA) is 61.8 Å². The maximum absolute atomic E-state index is 11.8. The standard InChI is InChI=1S/C16H22N2O3/c1-4-9-17-11-14-10-15(8-7-13(14)5-2)21-16(20)18(6-3)12-19/h1,7-8,10,17,19H,5-6,9,11-12H2,2-3H3. The van der Waals surface area contributed by atoms with Crippen molar-refractivity contribution in [2.75, 3.05) is 19.8 Å². The number of nitrogens with one attached hydrogen (secondary N) is 1. The summed E-state index contributed by atoms with van der Waals surface area (Å²) in [5.74, 6) is 2.98. The number of hydrogen-bond acceptors (Lipinski definition) is 4. The highest BCUT2D eigenvalue weighted by atomic mass is 16.6. The van der Waals surface area contributed by atoms with Gasteiger partial charge in [-0.15, -0.1) is 6.42 Å². The van der Waals surface area contributed by atoms with Crippen molar-refractivity contribution in [2.24, 2.45) is 0 Å². The number of hydrogen-bond donors (Lipinski definition) is 2. The minimum absolute atomic E-state index is 0.362. The zero-order valence-electron chi connectivity index (χ0n) is 12.6. The molecule has 1 rings (SSSR count). The molecule has 0 aliphatic carbocycles. The summed E-state index contributed by atoms with van der Waals surface area (Å²) in [5, 5.41) is 12.2. The number of benzene rings is 1. The Labute approximate surface area is 125 Å². The molecule has 0 saturated heterocycles. The lowest BCUT2D eigenvalue weighted by atomic mass is 10.0. The Hall–Kier alpha value is -2.03. The normalized spacial score (nSPS) is 10.0. The molecule has 0 aliphatic heterocycles. The molecular formula is C16H22N2O3. The largest absolute Gasteiger partial charge is 0.417 e. The van der Waals surface area contributed by atoms with Crippen molar-refractivity contribution in [1.29, 1.82) is 0 Å². The zero-order valence-corrected chi connectivity index (χ0v) is 12.6. The molecule has 1 aromatic rings. The fourth-order valence-electron chi connectivity index (χ4n) is 1.90. The van der Waals surface area contributed by atoms with Crippen molar-refractivity contribution in [3.05, 3.63) is 29.3 Å². The summed E-state index contributed by atoms with van der Waals surface area (Å²) in [4.78, 5) is 13.0. The molecular weight excluding hydrogens is 268 g/mol. The lowest BCUT2D eigenvalue weighted by Gasteiger charge is -2.18. The van der Waals surface area contributed by atoms with E-state index in [0.29, 0.717) is 25.4 Å². The van der Waals surface area contributed by atoms with Crippen molar-refractivity contribution >= 4 is 6.09 Å². The number of aliphatic hydroxyl groups is 1. The van der Waals surface area contributed by atoms with Crippen LogP contribution in [0.4, 0.5) is 4.79 Å². The van der Waals surface area contributed by atoms with E-state index in [0.717, 1.165) is 12.0 Å². The number of amides is 1. The minimum Gasteiger partial charge on any atom is -0.410 e. The highest BCUT2D eigenvalue weighted by Crippen LogP contribution is 2.19. The van der Waals surface area contributed by atoms with E-state index in [4.69, 9.17) is 16.3 Å². The number of carbonyl (C=O) groups is 1. The first kappa shape index (κ1) is 17.0. The second-order valence-electron chi connectivity index (χ2n) is 4.46. The Bertz CT molecular complexity index is 505. The van der Waals surface area contributed by atoms with Gasteiger partial charge in [0.25, 0.3) is 0 Å². The van der Waals surface area contributed by atoms with Crippen molar-refractivity contribution in [2.45, 2.75) is 26.8 Å². The van der Waals surface area contributed by atoms with E-state index >= 15 is 0 Å². The molecule has 0 aliphatic rings. The molecule has 0 fully saturated rings. The Kier molecular flexibility index (Phi) is 7.30. The fourth-order valence-corrected chi connectivity index (χ4v) is 1.90. The van der Waals surface area contributed by atoms with E-state index in [1.54, 1.807) is 13.0 Å². The van der Waals surface area contributed by atoms with Gasteiger partial charge in [0.2, 0.25) is 0 Å². The molecule has 0 bridgehead atoms. The molecule has 0 unspecified atom stereocenters. The van der Waals surface area contributed by atoms with Crippen LogP contribution in [0.15, 0.2) is 18.2 Å². The first-order chi connectivity index (χ1) is 10.2. The van der Waals surface area contributed by atoms with E-state index in [-0.39, 0.29) is 6.73 Å². The minimum atomic E-state index is -0.563. The molecule has 114 valence electrons. The van der Waals surface area contributed by atoms with Crippen molar-refractivity contribution in [3.63, 3.8) is 0 Å². The van der Waals surface area contributed by atoms with Crippen molar-refractivity contribution in [3.8, 4) is 18.1 Å². The Morgan fingerprint density at radius 2 is 2.19 bits per heavy atom. The Morgan fingerprint density at radius 3 is 2.76 bits per heavy atom. The molecule has 0 radical (unpaired) electrons. The molecule has 1 aromatic carbocycles. The number of ether oxygens (including phenoxy) is 1. The van der Waals surface area contributed by atoms with Crippen molar-refractivity contribution in [1.82, 2.24) is 10.2 Å². The maximum Gasteiger partial charge on any atom is 0.417 e. The van der Waals surface area contributed by atoms with Crippen LogP contribution in [0.25, 0.3) is 0 Å². The molecule has 0 saturated carbocycles. The van der Waals surface area contributed by atoms with Crippen LogP contribution in [0.1, 0.15) is 25.0 Å². The van der Waals surface area contributed by atoms with Gasteiger partial charge in [-0.3, -0.25) is 4.90 Å². The van der Waals surface area contributed by atoms with E-state index in [1.807, 2.05) is 12.1 Å². The number of rotatable bonds is 7. The zero-order chi connectivity index (χ0) is 15.7. The van der Waals surface area contributed by atoms with E-state index in [2.05, 4.69) is 18.2 Å². The van der Waals surface area contributed by atoms with Gasteiger partial charge in [-0.2, -0.15) is 0 Å². The summed E-state index contributed by atoms with van der Waals surface area (Å²) in [6, 6.07) is 5.52. The third-order valence-corrected chi connectivity index (χ3v) is 3.12. The first-order valence-electron chi connectivity index (χ1n) is 6.99. The molecule has 5 nitrogen and oxygen atoms in total. The predicted molar refractivity (Wildman–Crippen MR) is 81.8 cm³/mol. The maximum atomic E-state index is 11.8. The van der Waals surface area contributed by atoms with Crippen LogP contribution < -0.4 is 10.1 Å².